The first-order valence-corrected chi connectivity index (χ1v) is 6.80. The molecule has 2 heterocycles. The molecule has 2 rings (SSSR count). The van der Waals surface area contributed by atoms with Crippen LogP contribution in [0.15, 0.2) is 0 Å². The lowest BCUT2D eigenvalue weighted by Gasteiger charge is -2.27. The Labute approximate surface area is 94.9 Å². The van der Waals surface area contributed by atoms with Gasteiger partial charge in [0, 0.05) is 32.1 Å². The summed E-state index contributed by atoms with van der Waals surface area (Å²) in [6.45, 7) is 3.72. The normalized spacial score (nSPS) is 26.0. The fourth-order valence-corrected chi connectivity index (χ4v) is 3.06. The smallest absolute Gasteiger partial charge is 0.314 e. The molecule has 5 heteroatoms. The highest BCUT2D eigenvalue weighted by atomic mass is 32.2. The zero-order chi connectivity index (χ0) is 10.5. The maximum atomic E-state index is 11.4. The molecule has 0 spiro atoms. The second-order valence-electron chi connectivity index (χ2n) is 4.34. The molecule has 4 nitrogen and oxygen atoms in total. The summed E-state index contributed by atoms with van der Waals surface area (Å²) in [5.74, 6) is 3.78. The summed E-state index contributed by atoms with van der Waals surface area (Å²) in [5.41, 5.74) is 0. The van der Waals surface area contributed by atoms with Crippen molar-refractivity contribution in [2.24, 2.45) is 11.8 Å². The van der Waals surface area contributed by atoms with E-state index in [0.717, 1.165) is 26.2 Å². The first-order chi connectivity index (χ1) is 7.34. The van der Waals surface area contributed by atoms with Crippen molar-refractivity contribution in [2.75, 3.05) is 37.7 Å². The number of rotatable bonds is 4. The minimum atomic E-state index is -0.00111. The van der Waals surface area contributed by atoms with Gasteiger partial charge in [-0.2, -0.15) is 11.8 Å². The Bertz CT molecular complexity index is 215. The van der Waals surface area contributed by atoms with Gasteiger partial charge in [-0.05, 0) is 23.8 Å². The third-order valence-corrected chi connectivity index (χ3v) is 4.22. The van der Waals surface area contributed by atoms with E-state index in [4.69, 9.17) is 0 Å². The quantitative estimate of drug-likeness (QED) is 0.648. The number of carbonyl (C=O) groups is 1. The Morgan fingerprint density at radius 3 is 2.53 bits per heavy atom. The molecule has 2 saturated heterocycles. The number of urea groups is 1. The average molecular weight is 229 g/mol. The summed E-state index contributed by atoms with van der Waals surface area (Å²) in [6.07, 6.45) is 1.25. The van der Waals surface area contributed by atoms with Crippen molar-refractivity contribution in [3.8, 4) is 0 Å². The molecule has 86 valence electrons. The van der Waals surface area contributed by atoms with Crippen LogP contribution in [-0.4, -0.2) is 43.7 Å². The molecule has 0 aromatic rings. The van der Waals surface area contributed by atoms with E-state index in [1.165, 1.54) is 17.9 Å². The van der Waals surface area contributed by atoms with E-state index in [-0.39, 0.29) is 6.03 Å². The van der Waals surface area contributed by atoms with Crippen LogP contribution in [0.4, 0.5) is 4.79 Å². The molecule has 15 heavy (non-hydrogen) atoms. The third-order valence-electron chi connectivity index (χ3n) is 2.99. The van der Waals surface area contributed by atoms with Gasteiger partial charge < -0.3 is 16.0 Å². The van der Waals surface area contributed by atoms with E-state index in [1.807, 2.05) is 11.8 Å². The van der Waals surface area contributed by atoms with Crippen LogP contribution >= 0.6 is 11.8 Å². The van der Waals surface area contributed by atoms with Gasteiger partial charge in [-0.25, -0.2) is 4.79 Å². The van der Waals surface area contributed by atoms with E-state index in [1.54, 1.807) is 0 Å². The van der Waals surface area contributed by atoms with Gasteiger partial charge in [0.1, 0.15) is 0 Å². The molecule has 1 unspecified atom stereocenters. The highest BCUT2D eigenvalue weighted by molar-refractivity contribution is 7.99. The van der Waals surface area contributed by atoms with Crippen molar-refractivity contribution < 1.29 is 4.79 Å². The predicted molar refractivity (Wildman–Crippen MR) is 63.2 cm³/mol. The first kappa shape index (κ1) is 11.1. The molecule has 0 radical (unpaired) electrons. The Morgan fingerprint density at radius 1 is 1.27 bits per heavy atom. The first-order valence-electron chi connectivity index (χ1n) is 5.65. The van der Waals surface area contributed by atoms with Gasteiger partial charge in [-0.1, -0.05) is 0 Å². The summed E-state index contributed by atoms with van der Waals surface area (Å²) in [4.78, 5) is 11.4. The molecule has 2 amide bonds. The van der Waals surface area contributed by atoms with Gasteiger partial charge >= 0.3 is 6.03 Å². The van der Waals surface area contributed by atoms with Crippen LogP contribution in [0, 0.1) is 11.8 Å². The molecule has 0 bridgehead atoms. The molecule has 0 aromatic carbocycles. The Hall–Kier alpha value is -0.420. The van der Waals surface area contributed by atoms with E-state index in [0.29, 0.717) is 11.8 Å². The van der Waals surface area contributed by atoms with Crippen molar-refractivity contribution in [2.45, 2.75) is 6.42 Å². The van der Waals surface area contributed by atoms with Gasteiger partial charge in [-0.15, -0.1) is 0 Å². The summed E-state index contributed by atoms with van der Waals surface area (Å²) >= 11 is 1.98. The Balaban J connectivity index is 1.51. The van der Waals surface area contributed by atoms with Gasteiger partial charge in [0.05, 0.1) is 0 Å². The summed E-state index contributed by atoms with van der Waals surface area (Å²) in [6, 6.07) is -0.00111. The lowest BCUT2D eigenvalue weighted by Crippen LogP contribution is -2.50. The number of nitrogens with one attached hydrogen (secondary N) is 3. The van der Waals surface area contributed by atoms with Crippen molar-refractivity contribution in [1.29, 1.82) is 0 Å². The molecule has 3 N–H and O–H groups in total. The standard InChI is InChI=1S/C10H19N3OS/c14-10(13-6-9-3-11-4-9)12-5-8-1-2-15-7-8/h8-9,11H,1-7H2,(H2,12,13,14). The third kappa shape index (κ3) is 3.57. The largest absolute Gasteiger partial charge is 0.338 e. The minimum absolute atomic E-state index is 0.00111. The summed E-state index contributed by atoms with van der Waals surface area (Å²) in [5, 5.41) is 9.04. The van der Waals surface area contributed by atoms with Crippen LogP contribution in [-0.2, 0) is 0 Å². The van der Waals surface area contributed by atoms with Crippen molar-refractivity contribution >= 4 is 17.8 Å². The fourth-order valence-electron chi connectivity index (χ4n) is 1.77. The fraction of sp³-hybridized carbons (Fsp3) is 0.900. The highest BCUT2D eigenvalue weighted by Gasteiger charge is 2.18. The summed E-state index contributed by atoms with van der Waals surface area (Å²) < 4.78 is 0. The van der Waals surface area contributed by atoms with E-state index in [9.17, 15) is 4.79 Å². The zero-order valence-electron chi connectivity index (χ0n) is 8.92. The zero-order valence-corrected chi connectivity index (χ0v) is 9.74. The molecule has 0 aliphatic carbocycles. The SMILES string of the molecule is O=C(NCC1CNC1)NCC1CCSC1. The Morgan fingerprint density at radius 2 is 2.00 bits per heavy atom. The van der Waals surface area contributed by atoms with Crippen LogP contribution in [0.2, 0.25) is 0 Å². The van der Waals surface area contributed by atoms with Crippen LogP contribution in [0.3, 0.4) is 0 Å². The molecule has 2 aliphatic heterocycles. The second-order valence-corrected chi connectivity index (χ2v) is 5.49. The number of hydrogen-bond donors (Lipinski definition) is 3. The Kier molecular flexibility index (Phi) is 4.14. The average Bonchev–Trinajstić information content (AvgIpc) is 2.64. The number of thioether (sulfide) groups is 1. The van der Waals surface area contributed by atoms with Crippen molar-refractivity contribution in [3.05, 3.63) is 0 Å². The molecular weight excluding hydrogens is 210 g/mol. The van der Waals surface area contributed by atoms with Crippen LogP contribution in [0.5, 0.6) is 0 Å². The van der Waals surface area contributed by atoms with Gasteiger partial charge in [0.25, 0.3) is 0 Å². The van der Waals surface area contributed by atoms with Gasteiger partial charge in [0.2, 0.25) is 0 Å². The van der Waals surface area contributed by atoms with Gasteiger partial charge in [0.15, 0.2) is 0 Å². The van der Waals surface area contributed by atoms with E-state index < -0.39 is 0 Å². The topological polar surface area (TPSA) is 53.2 Å². The number of hydrogen-bond acceptors (Lipinski definition) is 3. The minimum Gasteiger partial charge on any atom is -0.338 e. The molecule has 0 saturated carbocycles. The maximum Gasteiger partial charge on any atom is 0.314 e. The lowest BCUT2D eigenvalue weighted by molar-refractivity contribution is 0.234. The lowest BCUT2D eigenvalue weighted by atomic mass is 10.0. The van der Waals surface area contributed by atoms with Crippen LogP contribution in [0.1, 0.15) is 6.42 Å². The molecule has 2 fully saturated rings. The number of carbonyl (C=O) groups excluding carboxylic acids is 1. The maximum absolute atomic E-state index is 11.4. The highest BCUT2D eigenvalue weighted by Crippen LogP contribution is 2.22. The monoisotopic (exact) mass is 229 g/mol. The second kappa shape index (κ2) is 5.61. The van der Waals surface area contributed by atoms with Crippen molar-refractivity contribution in [3.63, 3.8) is 0 Å². The van der Waals surface area contributed by atoms with Crippen LogP contribution in [0.25, 0.3) is 0 Å². The van der Waals surface area contributed by atoms with Crippen molar-refractivity contribution in [1.82, 2.24) is 16.0 Å². The van der Waals surface area contributed by atoms with Gasteiger partial charge in [-0.3, -0.25) is 0 Å². The predicted octanol–water partition coefficient (Wildman–Crippen LogP) is 0.258. The molecule has 0 aromatic heterocycles. The number of amides is 2. The molecule has 2 aliphatic rings. The van der Waals surface area contributed by atoms with E-state index in [2.05, 4.69) is 16.0 Å². The van der Waals surface area contributed by atoms with Crippen LogP contribution < -0.4 is 16.0 Å². The molecule has 1 atom stereocenters. The van der Waals surface area contributed by atoms with E-state index >= 15 is 0 Å². The molecular formula is C10H19N3OS. The summed E-state index contributed by atoms with van der Waals surface area (Å²) in [7, 11) is 0.